The number of pyridine rings is 1. The molecule has 1 saturated heterocycles. The summed E-state index contributed by atoms with van der Waals surface area (Å²) in [5.74, 6) is 0.595. The molecule has 0 radical (unpaired) electrons. The van der Waals surface area contributed by atoms with E-state index in [-0.39, 0.29) is 11.7 Å². The summed E-state index contributed by atoms with van der Waals surface area (Å²) in [5.41, 5.74) is 2.05. The van der Waals surface area contributed by atoms with Gasteiger partial charge in [0.25, 0.3) is 5.56 Å². The molecule has 0 bridgehead atoms. The largest absolute Gasteiger partial charge is 0.495 e. The summed E-state index contributed by atoms with van der Waals surface area (Å²) in [7, 11) is 1.57. The van der Waals surface area contributed by atoms with Crippen molar-refractivity contribution in [2.24, 2.45) is 0 Å². The first-order chi connectivity index (χ1) is 13.7. The topological polar surface area (TPSA) is 91.0 Å². The summed E-state index contributed by atoms with van der Waals surface area (Å²) in [6, 6.07) is 5.44. The van der Waals surface area contributed by atoms with E-state index in [1.807, 2.05) is 19.2 Å². The molecular weight excluding hydrogens is 358 g/mol. The maximum Gasteiger partial charge on any atom is 0.254 e. The van der Waals surface area contributed by atoms with E-state index in [1.165, 1.54) is 25.5 Å². The number of anilines is 1. The van der Waals surface area contributed by atoms with Gasteiger partial charge in [0.15, 0.2) is 0 Å². The van der Waals surface area contributed by atoms with Gasteiger partial charge in [-0.3, -0.25) is 9.36 Å². The van der Waals surface area contributed by atoms with Crippen molar-refractivity contribution < 1.29 is 4.74 Å². The SMILES string of the molecule is COc1cnnc(-c2cn(C(C)n3ccc(N4CCCCC4)cc3=O)nn2)c1. The summed E-state index contributed by atoms with van der Waals surface area (Å²) >= 11 is 0. The fourth-order valence-corrected chi connectivity index (χ4v) is 3.43. The van der Waals surface area contributed by atoms with Crippen LogP contribution in [0.5, 0.6) is 5.75 Å². The van der Waals surface area contributed by atoms with Gasteiger partial charge in [-0.05, 0) is 32.3 Å². The standard InChI is InChI=1S/C19H23N7O2/c1-14(25-9-6-15(10-19(25)27)24-7-4-3-5-8-24)26-13-18(22-23-26)17-11-16(28-2)12-20-21-17/h6,9-14H,3-5,7-8H2,1-2H3. The molecule has 9 nitrogen and oxygen atoms in total. The van der Waals surface area contributed by atoms with Gasteiger partial charge in [-0.25, -0.2) is 4.68 Å². The predicted molar refractivity (Wildman–Crippen MR) is 104 cm³/mol. The first-order valence-electron chi connectivity index (χ1n) is 9.42. The Hall–Kier alpha value is -3.23. The number of ether oxygens (including phenoxy) is 1. The average molecular weight is 381 g/mol. The second kappa shape index (κ2) is 7.79. The van der Waals surface area contributed by atoms with Crippen LogP contribution in [0.3, 0.4) is 0 Å². The first kappa shape index (κ1) is 18.1. The third-order valence-corrected chi connectivity index (χ3v) is 5.08. The summed E-state index contributed by atoms with van der Waals surface area (Å²) in [5, 5.41) is 16.3. The van der Waals surface area contributed by atoms with Gasteiger partial charge in [0, 0.05) is 37.1 Å². The molecule has 3 aromatic heterocycles. The highest BCUT2D eigenvalue weighted by atomic mass is 16.5. The van der Waals surface area contributed by atoms with E-state index in [0.717, 1.165) is 18.8 Å². The lowest BCUT2D eigenvalue weighted by atomic mass is 10.1. The zero-order chi connectivity index (χ0) is 19.5. The zero-order valence-electron chi connectivity index (χ0n) is 16.0. The Morgan fingerprint density at radius 3 is 2.68 bits per heavy atom. The van der Waals surface area contributed by atoms with Crippen LogP contribution in [0.4, 0.5) is 5.69 Å². The monoisotopic (exact) mass is 381 g/mol. The van der Waals surface area contributed by atoms with Crippen LogP contribution in [0.2, 0.25) is 0 Å². The minimum absolute atomic E-state index is 0.0613. The van der Waals surface area contributed by atoms with Crippen LogP contribution in [0.25, 0.3) is 11.4 Å². The van der Waals surface area contributed by atoms with E-state index < -0.39 is 0 Å². The minimum Gasteiger partial charge on any atom is -0.495 e. The number of hydrogen-bond donors (Lipinski definition) is 0. The molecule has 9 heteroatoms. The predicted octanol–water partition coefficient (Wildman–Crippen LogP) is 1.96. The molecule has 146 valence electrons. The summed E-state index contributed by atoms with van der Waals surface area (Å²) < 4.78 is 8.45. The van der Waals surface area contributed by atoms with Gasteiger partial charge in [-0.15, -0.1) is 10.2 Å². The van der Waals surface area contributed by atoms with Gasteiger partial charge >= 0.3 is 0 Å². The van der Waals surface area contributed by atoms with Crippen molar-refractivity contribution in [1.29, 1.82) is 0 Å². The van der Waals surface area contributed by atoms with Crippen molar-refractivity contribution in [3.05, 3.63) is 47.1 Å². The van der Waals surface area contributed by atoms with Crippen molar-refractivity contribution in [1.82, 2.24) is 29.8 Å². The maximum atomic E-state index is 12.7. The molecule has 3 aromatic rings. The molecule has 0 aromatic carbocycles. The van der Waals surface area contributed by atoms with E-state index in [4.69, 9.17) is 4.74 Å². The lowest BCUT2D eigenvalue weighted by Crippen LogP contribution is -2.32. The van der Waals surface area contributed by atoms with Crippen LogP contribution in [-0.4, -0.2) is 50.0 Å². The van der Waals surface area contributed by atoms with Gasteiger partial charge in [-0.2, -0.15) is 5.10 Å². The summed E-state index contributed by atoms with van der Waals surface area (Å²) in [6.07, 6.45) is 8.39. The van der Waals surface area contributed by atoms with Crippen LogP contribution in [0.15, 0.2) is 41.6 Å². The molecule has 1 unspecified atom stereocenters. The second-order valence-electron chi connectivity index (χ2n) is 6.87. The summed E-state index contributed by atoms with van der Waals surface area (Å²) in [6.45, 7) is 3.91. The molecule has 0 spiro atoms. The molecule has 0 N–H and O–H groups in total. The fourth-order valence-electron chi connectivity index (χ4n) is 3.43. The van der Waals surface area contributed by atoms with Crippen molar-refractivity contribution in [3.8, 4) is 17.1 Å². The zero-order valence-corrected chi connectivity index (χ0v) is 16.0. The Bertz CT molecular complexity index is 1010. The summed E-state index contributed by atoms with van der Waals surface area (Å²) in [4.78, 5) is 15.0. The highest BCUT2D eigenvalue weighted by molar-refractivity contribution is 5.53. The molecule has 0 saturated carbocycles. The van der Waals surface area contributed by atoms with Gasteiger partial charge in [0.2, 0.25) is 0 Å². The number of methoxy groups -OCH3 is 1. The lowest BCUT2D eigenvalue weighted by molar-refractivity contribution is 0.405. The lowest BCUT2D eigenvalue weighted by Gasteiger charge is -2.29. The van der Waals surface area contributed by atoms with E-state index >= 15 is 0 Å². The van der Waals surface area contributed by atoms with Crippen molar-refractivity contribution in [2.45, 2.75) is 32.4 Å². The highest BCUT2D eigenvalue weighted by Gasteiger charge is 2.16. The highest BCUT2D eigenvalue weighted by Crippen LogP contribution is 2.20. The first-order valence-corrected chi connectivity index (χ1v) is 9.42. The molecule has 0 aliphatic carbocycles. The normalized spacial score (nSPS) is 15.4. The third-order valence-electron chi connectivity index (χ3n) is 5.08. The van der Waals surface area contributed by atoms with Crippen LogP contribution < -0.4 is 15.2 Å². The van der Waals surface area contributed by atoms with Crippen LogP contribution in [0, 0.1) is 0 Å². The number of nitrogens with zero attached hydrogens (tertiary/aromatic N) is 7. The molecule has 1 aliphatic heterocycles. The van der Waals surface area contributed by atoms with Crippen LogP contribution in [-0.2, 0) is 0 Å². The average Bonchev–Trinajstić information content (AvgIpc) is 3.24. The number of rotatable bonds is 5. The van der Waals surface area contributed by atoms with E-state index in [9.17, 15) is 4.79 Å². The number of hydrogen-bond acceptors (Lipinski definition) is 7. The molecule has 4 rings (SSSR count). The Balaban J connectivity index is 1.57. The third kappa shape index (κ3) is 3.60. The van der Waals surface area contributed by atoms with E-state index in [0.29, 0.717) is 17.1 Å². The van der Waals surface area contributed by atoms with Crippen molar-refractivity contribution in [3.63, 3.8) is 0 Å². The molecule has 1 aliphatic rings. The van der Waals surface area contributed by atoms with Crippen LogP contribution in [0.1, 0.15) is 32.4 Å². The Morgan fingerprint density at radius 1 is 1.11 bits per heavy atom. The van der Waals surface area contributed by atoms with Crippen molar-refractivity contribution >= 4 is 5.69 Å². The molecule has 0 amide bonds. The van der Waals surface area contributed by atoms with Gasteiger partial charge < -0.3 is 9.64 Å². The number of aromatic nitrogens is 6. The van der Waals surface area contributed by atoms with Gasteiger partial charge in [-0.1, -0.05) is 5.21 Å². The quantitative estimate of drug-likeness (QED) is 0.667. The molecule has 1 atom stereocenters. The fraction of sp³-hybridized carbons (Fsp3) is 0.421. The number of piperidine rings is 1. The second-order valence-corrected chi connectivity index (χ2v) is 6.87. The smallest absolute Gasteiger partial charge is 0.254 e. The van der Waals surface area contributed by atoms with E-state index in [2.05, 4.69) is 25.4 Å². The molecule has 4 heterocycles. The minimum atomic E-state index is -0.317. The van der Waals surface area contributed by atoms with Crippen molar-refractivity contribution in [2.75, 3.05) is 25.1 Å². The van der Waals surface area contributed by atoms with Gasteiger partial charge in [0.05, 0.1) is 19.5 Å². The Kier molecular flexibility index (Phi) is 5.05. The van der Waals surface area contributed by atoms with Gasteiger partial charge in [0.1, 0.15) is 23.3 Å². The van der Waals surface area contributed by atoms with Crippen LogP contribution >= 0.6 is 0 Å². The Labute approximate surface area is 162 Å². The molecular formula is C19H23N7O2. The van der Waals surface area contributed by atoms with E-state index in [1.54, 1.807) is 34.7 Å². The molecule has 1 fully saturated rings. The Morgan fingerprint density at radius 2 is 1.93 bits per heavy atom. The molecule has 28 heavy (non-hydrogen) atoms. The maximum absolute atomic E-state index is 12.7.